The van der Waals surface area contributed by atoms with Crippen molar-refractivity contribution in [3.8, 4) is 0 Å². The summed E-state index contributed by atoms with van der Waals surface area (Å²) in [6.45, 7) is 4.55. The van der Waals surface area contributed by atoms with E-state index >= 15 is 0 Å². The van der Waals surface area contributed by atoms with Crippen molar-refractivity contribution in [2.75, 3.05) is 6.54 Å². The van der Waals surface area contributed by atoms with Gasteiger partial charge in [-0.05, 0) is 12.0 Å². The number of benzene rings is 1. The van der Waals surface area contributed by atoms with Gasteiger partial charge in [0.15, 0.2) is 0 Å². The van der Waals surface area contributed by atoms with Crippen LogP contribution in [-0.2, 0) is 6.42 Å². The quantitative estimate of drug-likeness (QED) is 0.741. The maximum atomic E-state index is 5.68. The van der Waals surface area contributed by atoms with Crippen molar-refractivity contribution < 1.29 is 0 Å². The minimum absolute atomic E-state index is 0.0948. The highest BCUT2D eigenvalue weighted by Gasteiger charge is 1.99. The standard InChI is InChI=1S/C9H14N2.C2H6/c10-7-9(11)6-8-4-2-1-3-5-8;1-2/h1-5,9H,6-7,10-11H2;1-2H3/t9-;/m0./s1. The molecule has 4 N–H and O–H groups in total. The molecular weight excluding hydrogens is 160 g/mol. The van der Waals surface area contributed by atoms with Crippen LogP contribution in [0.3, 0.4) is 0 Å². The molecular formula is C11H20N2. The van der Waals surface area contributed by atoms with Crippen LogP contribution in [0.2, 0.25) is 0 Å². The number of nitrogens with two attached hydrogens (primary N) is 2. The maximum Gasteiger partial charge on any atom is 0.0203 e. The zero-order chi connectivity index (χ0) is 10.1. The summed E-state index contributed by atoms with van der Waals surface area (Å²) in [6, 6.07) is 10.2. The summed E-state index contributed by atoms with van der Waals surface area (Å²) in [5.41, 5.74) is 12.3. The van der Waals surface area contributed by atoms with Gasteiger partial charge >= 0.3 is 0 Å². The average Bonchev–Trinajstić information content (AvgIpc) is 2.22. The summed E-state index contributed by atoms with van der Waals surface area (Å²) in [5, 5.41) is 0. The molecule has 0 bridgehead atoms. The van der Waals surface area contributed by atoms with Gasteiger partial charge < -0.3 is 11.5 Å². The predicted molar refractivity (Wildman–Crippen MR) is 58.5 cm³/mol. The normalized spacial score (nSPS) is 11.4. The lowest BCUT2D eigenvalue weighted by atomic mass is 10.1. The van der Waals surface area contributed by atoms with Gasteiger partial charge in [-0.15, -0.1) is 0 Å². The highest BCUT2D eigenvalue weighted by atomic mass is 14.7. The van der Waals surface area contributed by atoms with Crippen LogP contribution in [0.15, 0.2) is 30.3 Å². The third-order valence-corrected chi connectivity index (χ3v) is 1.64. The summed E-state index contributed by atoms with van der Waals surface area (Å²) in [7, 11) is 0. The van der Waals surface area contributed by atoms with E-state index in [1.165, 1.54) is 5.56 Å². The van der Waals surface area contributed by atoms with E-state index in [1.807, 2.05) is 32.0 Å². The van der Waals surface area contributed by atoms with Crippen molar-refractivity contribution >= 4 is 0 Å². The molecule has 1 aromatic rings. The van der Waals surface area contributed by atoms with E-state index < -0.39 is 0 Å². The SMILES string of the molecule is CC.NC[C@@H](N)Cc1ccccc1. The number of hydrogen-bond donors (Lipinski definition) is 2. The fraction of sp³-hybridized carbons (Fsp3) is 0.455. The summed E-state index contributed by atoms with van der Waals surface area (Å²) >= 11 is 0. The van der Waals surface area contributed by atoms with Gasteiger partial charge in [0.2, 0.25) is 0 Å². The van der Waals surface area contributed by atoms with Crippen LogP contribution in [0.4, 0.5) is 0 Å². The van der Waals surface area contributed by atoms with Gasteiger partial charge in [0.1, 0.15) is 0 Å². The van der Waals surface area contributed by atoms with Crippen LogP contribution in [0, 0.1) is 0 Å². The molecule has 0 heterocycles. The fourth-order valence-electron chi connectivity index (χ4n) is 1.00. The number of hydrogen-bond acceptors (Lipinski definition) is 2. The summed E-state index contributed by atoms with van der Waals surface area (Å²) in [6.07, 6.45) is 0.872. The van der Waals surface area contributed by atoms with Crippen molar-refractivity contribution in [1.82, 2.24) is 0 Å². The molecule has 13 heavy (non-hydrogen) atoms. The average molecular weight is 180 g/mol. The third-order valence-electron chi connectivity index (χ3n) is 1.64. The van der Waals surface area contributed by atoms with Gasteiger partial charge in [-0.1, -0.05) is 44.2 Å². The monoisotopic (exact) mass is 180 g/mol. The first-order chi connectivity index (χ1) is 6.33. The second-order valence-electron chi connectivity index (χ2n) is 2.69. The Morgan fingerprint density at radius 3 is 2.15 bits per heavy atom. The Balaban J connectivity index is 0.000000671. The molecule has 2 heteroatoms. The molecule has 0 amide bonds. The van der Waals surface area contributed by atoms with Crippen molar-refractivity contribution in [2.45, 2.75) is 26.3 Å². The van der Waals surface area contributed by atoms with Crippen LogP contribution in [-0.4, -0.2) is 12.6 Å². The molecule has 0 unspecified atom stereocenters. The Labute approximate surface area is 80.9 Å². The van der Waals surface area contributed by atoms with E-state index in [9.17, 15) is 0 Å². The van der Waals surface area contributed by atoms with Crippen LogP contribution in [0.1, 0.15) is 19.4 Å². The third kappa shape index (κ3) is 5.39. The Hall–Kier alpha value is -0.860. The summed E-state index contributed by atoms with van der Waals surface area (Å²) in [4.78, 5) is 0. The van der Waals surface area contributed by atoms with E-state index in [1.54, 1.807) is 0 Å². The van der Waals surface area contributed by atoms with Gasteiger partial charge in [-0.25, -0.2) is 0 Å². The molecule has 0 spiro atoms. The van der Waals surface area contributed by atoms with Gasteiger partial charge in [-0.2, -0.15) is 0 Å². The van der Waals surface area contributed by atoms with E-state index in [4.69, 9.17) is 11.5 Å². The first-order valence-electron chi connectivity index (χ1n) is 4.82. The molecule has 1 aromatic carbocycles. The number of rotatable bonds is 3. The Morgan fingerprint density at radius 1 is 1.15 bits per heavy atom. The zero-order valence-electron chi connectivity index (χ0n) is 8.53. The minimum Gasteiger partial charge on any atom is -0.329 e. The molecule has 1 rings (SSSR count). The fourth-order valence-corrected chi connectivity index (χ4v) is 1.00. The van der Waals surface area contributed by atoms with Crippen molar-refractivity contribution in [3.63, 3.8) is 0 Å². The first kappa shape index (κ1) is 12.1. The molecule has 0 aliphatic carbocycles. The minimum atomic E-state index is 0.0948. The Morgan fingerprint density at radius 2 is 1.69 bits per heavy atom. The molecule has 0 saturated carbocycles. The lowest BCUT2D eigenvalue weighted by Gasteiger charge is -2.07. The smallest absolute Gasteiger partial charge is 0.0203 e. The highest BCUT2D eigenvalue weighted by molar-refractivity contribution is 5.15. The van der Waals surface area contributed by atoms with Gasteiger partial charge in [0.25, 0.3) is 0 Å². The molecule has 0 radical (unpaired) electrons. The summed E-state index contributed by atoms with van der Waals surface area (Å²) < 4.78 is 0. The molecule has 2 nitrogen and oxygen atoms in total. The largest absolute Gasteiger partial charge is 0.329 e. The van der Waals surface area contributed by atoms with Crippen LogP contribution in [0.25, 0.3) is 0 Å². The predicted octanol–water partition coefficient (Wildman–Crippen LogP) is 1.54. The maximum absolute atomic E-state index is 5.68. The lowest BCUT2D eigenvalue weighted by Crippen LogP contribution is -2.31. The van der Waals surface area contributed by atoms with E-state index in [0.717, 1.165) is 6.42 Å². The van der Waals surface area contributed by atoms with Gasteiger partial charge in [-0.3, -0.25) is 0 Å². The van der Waals surface area contributed by atoms with Gasteiger partial charge in [0, 0.05) is 12.6 Å². The van der Waals surface area contributed by atoms with Crippen LogP contribution < -0.4 is 11.5 Å². The molecule has 74 valence electrons. The van der Waals surface area contributed by atoms with Crippen molar-refractivity contribution in [1.29, 1.82) is 0 Å². The van der Waals surface area contributed by atoms with E-state index in [2.05, 4.69) is 12.1 Å². The van der Waals surface area contributed by atoms with Crippen LogP contribution in [0.5, 0.6) is 0 Å². The van der Waals surface area contributed by atoms with Crippen LogP contribution >= 0.6 is 0 Å². The lowest BCUT2D eigenvalue weighted by molar-refractivity contribution is 0.678. The second-order valence-corrected chi connectivity index (χ2v) is 2.69. The van der Waals surface area contributed by atoms with Crippen molar-refractivity contribution in [2.24, 2.45) is 11.5 Å². The molecule has 0 fully saturated rings. The Kier molecular flexibility index (Phi) is 7.26. The molecule has 0 aliphatic heterocycles. The van der Waals surface area contributed by atoms with E-state index in [0.29, 0.717) is 6.54 Å². The molecule has 0 aromatic heterocycles. The molecule has 1 atom stereocenters. The summed E-state index contributed by atoms with van der Waals surface area (Å²) in [5.74, 6) is 0. The van der Waals surface area contributed by atoms with Gasteiger partial charge in [0.05, 0.1) is 0 Å². The second kappa shape index (κ2) is 7.77. The highest BCUT2D eigenvalue weighted by Crippen LogP contribution is 2.00. The molecule has 0 aliphatic rings. The molecule has 0 saturated heterocycles. The zero-order valence-corrected chi connectivity index (χ0v) is 8.53. The topological polar surface area (TPSA) is 52.0 Å². The first-order valence-corrected chi connectivity index (χ1v) is 4.82. The Bertz CT molecular complexity index is 197. The van der Waals surface area contributed by atoms with Crippen molar-refractivity contribution in [3.05, 3.63) is 35.9 Å². The van der Waals surface area contributed by atoms with E-state index in [-0.39, 0.29) is 6.04 Å².